The lowest BCUT2D eigenvalue weighted by Gasteiger charge is -2.11. The number of halogens is 1. The molecule has 0 saturated carbocycles. The van der Waals surface area contributed by atoms with Crippen LogP contribution in [0.2, 0.25) is 0 Å². The summed E-state index contributed by atoms with van der Waals surface area (Å²) < 4.78 is 12.2. The highest BCUT2D eigenvalue weighted by atomic mass is 79.9. The van der Waals surface area contributed by atoms with E-state index in [0.29, 0.717) is 0 Å². The molecule has 0 amide bonds. The summed E-state index contributed by atoms with van der Waals surface area (Å²) in [7, 11) is 1.65. The van der Waals surface area contributed by atoms with Crippen molar-refractivity contribution < 1.29 is 9.15 Å². The van der Waals surface area contributed by atoms with E-state index >= 15 is 0 Å². The fourth-order valence-electron chi connectivity index (χ4n) is 2.47. The van der Waals surface area contributed by atoms with Crippen LogP contribution in [0.3, 0.4) is 0 Å². The van der Waals surface area contributed by atoms with Gasteiger partial charge in [0.25, 0.3) is 0 Å². The molecule has 0 bridgehead atoms. The summed E-state index contributed by atoms with van der Waals surface area (Å²) in [5.74, 6) is 1.62. The molecular weight excluding hydrogens is 330 g/mol. The van der Waals surface area contributed by atoms with Gasteiger partial charge in [0, 0.05) is 15.4 Å². The van der Waals surface area contributed by atoms with Crippen LogP contribution in [0.5, 0.6) is 5.75 Å². The van der Waals surface area contributed by atoms with E-state index in [-0.39, 0.29) is 6.04 Å². The van der Waals surface area contributed by atoms with E-state index in [1.165, 1.54) is 0 Å². The van der Waals surface area contributed by atoms with E-state index in [9.17, 15) is 0 Å². The largest absolute Gasteiger partial charge is 0.497 e. The number of methoxy groups -OCH3 is 1. The van der Waals surface area contributed by atoms with E-state index in [4.69, 9.17) is 14.9 Å². The Hall–Kier alpha value is -1.78. The van der Waals surface area contributed by atoms with Gasteiger partial charge in [-0.1, -0.05) is 28.1 Å². The van der Waals surface area contributed by atoms with Crippen molar-refractivity contribution in [1.82, 2.24) is 0 Å². The Morgan fingerprint density at radius 1 is 1.14 bits per heavy atom. The minimum absolute atomic E-state index is 0.290. The topological polar surface area (TPSA) is 48.4 Å². The molecule has 0 radical (unpaired) electrons. The SMILES string of the molecule is COc1ccc(C(N)c2oc3ccc(Br)cc3c2C)cc1. The molecule has 2 N–H and O–H groups in total. The molecule has 1 atom stereocenters. The van der Waals surface area contributed by atoms with Crippen LogP contribution >= 0.6 is 15.9 Å². The molecule has 1 aromatic heterocycles. The van der Waals surface area contributed by atoms with E-state index in [1.54, 1.807) is 7.11 Å². The maximum atomic E-state index is 6.36. The van der Waals surface area contributed by atoms with Crippen LogP contribution in [0.4, 0.5) is 0 Å². The van der Waals surface area contributed by atoms with Gasteiger partial charge in [0.15, 0.2) is 0 Å². The van der Waals surface area contributed by atoms with Gasteiger partial charge in [-0.25, -0.2) is 0 Å². The summed E-state index contributed by atoms with van der Waals surface area (Å²) in [6.45, 7) is 2.04. The van der Waals surface area contributed by atoms with Crippen molar-refractivity contribution in [3.63, 3.8) is 0 Å². The van der Waals surface area contributed by atoms with E-state index in [0.717, 1.165) is 38.1 Å². The first-order valence-corrected chi connectivity index (χ1v) is 7.47. The molecule has 108 valence electrons. The molecule has 21 heavy (non-hydrogen) atoms. The summed E-state index contributed by atoms with van der Waals surface area (Å²) >= 11 is 3.49. The summed E-state index contributed by atoms with van der Waals surface area (Å²) in [5.41, 5.74) is 9.30. The molecular formula is C17H16BrNO2. The van der Waals surface area contributed by atoms with E-state index < -0.39 is 0 Å². The summed E-state index contributed by atoms with van der Waals surface area (Å²) in [6.07, 6.45) is 0. The van der Waals surface area contributed by atoms with Crippen LogP contribution in [0, 0.1) is 6.92 Å². The second-order valence-electron chi connectivity index (χ2n) is 4.98. The number of hydrogen-bond donors (Lipinski definition) is 1. The van der Waals surface area contributed by atoms with Crippen LogP contribution in [0.25, 0.3) is 11.0 Å². The maximum absolute atomic E-state index is 6.36. The Labute approximate surface area is 131 Å². The Morgan fingerprint density at radius 3 is 2.52 bits per heavy atom. The summed E-state index contributed by atoms with van der Waals surface area (Å²) in [6, 6.07) is 13.4. The van der Waals surface area contributed by atoms with Gasteiger partial charge in [-0.15, -0.1) is 0 Å². The van der Waals surface area contributed by atoms with Gasteiger partial charge < -0.3 is 14.9 Å². The second kappa shape index (κ2) is 5.54. The minimum Gasteiger partial charge on any atom is -0.497 e. The van der Waals surface area contributed by atoms with Gasteiger partial charge in [0.1, 0.15) is 17.1 Å². The first-order chi connectivity index (χ1) is 10.1. The Bertz CT molecular complexity index is 777. The van der Waals surface area contributed by atoms with Crippen LogP contribution in [0.1, 0.15) is 22.9 Å². The van der Waals surface area contributed by atoms with E-state index in [1.807, 2.05) is 43.3 Å². The molecule has 0 aliphatic carbocycles. The standard InChI is InChI=1S/C17H16BrNO2/c1-10-14-9-12(18)5-8-15(14)21-17(10)16(19)11-3-6-13(20-2)7-4-11/h3-9,16H,19H2,1-2H3. The maximum Gasteiger partial charge on any atom is 0.134 e. The van der Waals surface area contributed by atoms with Crippen molar-refractivity contribution in [3.05, 3.63) is 63.8 Å². The van der Waals surface area contributed by atoms with Crippen LogP contribution in [-0.4, -0.2) is 7.11 Å². The Kier molecular flexibility index (Phi) is 3.74. The number of hydrogen-bond acceptors (Lipinski definition) is 3. The average Bonchev–Trinajstić information content (AvgIpc) is 2.83. The zero-order valence-corrected chi connectivity index (χ0v) is 13.5. The van der Waals surface area contributed by atoms with Crippen LogP contribution in [0.15, 0.2) is 51.4 Å². The molecule has 4 heteroatoms. The third-order valence-electron chi connectivity index (χ3n) is 3.69. The quantitative estimate of drug-likeness (QED) is 0.756. The molecule has 0 aliphatic heterocycles. The first kappa shape index (κ1) is 14.2. The molecule has 2 aromatic carbocycles. The van der Waals surface area contributed by atoms with Gasteiger partial charge in [0.05, 0.1) is 13.2 Å². The lowest BCUT2D eigenvalue weighted by Crippen LogP contribution is -2.11. The zero-order valence-electron chi connectivity index (χ0n) is 11.9. The van der Waals surface area contributed by atoms with Crippen molar-refractivity contribution in [3.8, 4) is 5.75 Å². The first-order valence-electron chi connectivity index (χ1n) is 6.68. The molecule has 0 saturated heterocycles. The number of fused-ring (bicyclic) bond motifs is 1. The van der Waals surface area contributed by atoms with Crippen LogP contribution < -0.4 is 10.5 Å². The number of ether oxygens (including phenoxy) is 1. The van der Waals surface area contributed by atoms with Gasteiger partial charge in [0.2, 0.25) is 0 Å². The number of aryl methyl sites for hydroxylation is 1. The normalized spacial score (nSPS) is 12.6. The van der Waals surface area contributed by atoms with Crippen molar-refractivity contribution in [2.24, 2.45) is 5.73 Å². The third kappa shape index (κ3) is 2.57. The molecule has 0 fully saturated rings. The number of benzene rings is 2. The molecule has 0 aliphatic rings. The Morgan fingerprint density at radius 2 is 1.86 bits per heavy atom. The van der Waals surface area contributed by atoms with Gasteiger partial charge >= 0.3 is 0 Å². The van der Waals surface area contributed by atoms with Gasteiger partial charge in [-0.05, 0) is 42.8 Å². The zero-order chi connectivity index (χ0) is 15.0. The smallest absolute Gasteiger partial charge is 0.134 e. The fourth-order valence-corrected chi connectivity index (χ4v) is 2.83. The van der Waals surface area contributed by atoms with E-state index in [2.05, 4.69) is 22.0 Å². The predicted octanol–water partition coefficient (Wildman–Crippen LogP) is 4.56. The van der Waals surface area contributed by atoms with Crippen molar-refractivity contribution in [1.29, 1.82) is 0 Å². The molecule has 1 unspecified atom stereocenters. The van der Waals surface area contributed by atoms with Gasteiger partial charge in [-0.2, -0.15) is 0 Å². The minimum atomic E-state index is -0.290. The molecule has 3 rings (SSSR count). The van der Waals surface area contributed by atoms with Crippen molar-refractivity contribution in [2.45, 2.75) is 13.0 Å². The average molecular weight is 346 g/mol. The monoisotopic (exact) mass is 345 g/mol. The van der Waals surface area contributed by atoms with Crippen molar-refractivity contribution >= 4 is 26.9 Å². The van der Waals surface area contributed by atoms with Gasteiger partial charge in [-0.3, -0.25) is 0 Å². The highest BCUT2D eigenvalue weighted by molar-refractivity contribution is 9.10. The molecule has 3 aromatic rings. The Balaban J connectivity index is 2.04. The number of furan rings is 1. The highest BCUT2D eigenvalue weighted by Gasteiger charge is 2.18. The number of rotatable bonds is 3. The summed E-state index contributed by atoms with van der Waals surface area (Å²) in [4.78, 5) is 0. The number of nitrogens with two attached hydrogens (primary N) is 1. The van der Waals surface area contributed by atoms with Crippen molar-refractivity contribution in [2.75, 3.05) is 7.11 Å². The summed E-state index contributed by atoms with van der Waals surface area (Å²) in [5, 5.41) is 1.09. The lowest BCUT2D eigenvalue weighted by molar-refractivity contribution is 0.414. The third-order valence-corrected chi connectivity index (χ3v) is 4.19. The van der Waals surface area contributed by atoms with Crippen LogP contribution in [-0.2, 0) is 0 Å². The predicted molar refractivity (Wildman–Crippen MR) is 87.7 cm³/mol. The fraction of sp³-hybridized carbons (Fsp3) is 0.176. The second-order valence-corrected chi connectivity index (χ2v) is 5.90. The lowest BCUT2D eigenvalue weighted by atomic mass is 10.0. The molecule has 0 spiro atoms. The molecule has 1 heterocycles. The highest BCUT2D eigenvalue weighted by Crippen LogP contribution is 2.33. The molecule has 3 nitrogen and oxygen atoms in total.